The Morgan fingerprint density at radius 2 is 1.74 bits per heavy atom. The van der Waals surface area contributed by atoms with Crippen LogP contribution in [-0.2, 0) is 16.6 Å². The van der Waals surface area contributed by atoms with Gasteiger partial charge in [-0.15, -0.1) is 0 Å². The van der Waals surface area contributed by atoms with Crippen LogP contribution in [0.15, 0.2) is 84.3 Å². The summed E-state index contributed by atoms with van der Waals surface area (Å²) < 4.78 is 70.5. The highest BCUT2D eigenvalue weighted by atomic mass is 32.2. The fraction of sp³-hybridized carbons (Fsp3) is 0.475. The predicted molar refractivity (Wildman–Crippen MR) is 312 cm³/mol. The number of hydrogen-bond acceptors (Lipinski definition) is 16. The van der Waals surface area contributed by atoms with Crippen molar-refractivity contribution in [3.63, 3.8) is 0 Å². The van der Waals surface area contributed by atoms with Crippen molar-refractivity contribution in [2.24, 2.45) is 11.3 Å². The average molecular weight is 1140 g/mol. The Balaban J connectivity index is 0.773. The number of piperidine rings is 1. The molecule has 3 aromatic carbocycles. The fourth-order valence-corrected chi connectivity index (χ4v) is 14.5. The van der Waals surface area contributed by atoms with Crippen LogP contribution < -0.4 is 39.2 Å². The molecule has 19 nitrogen and oxygen atoms in total. The highest BCUT2D eigenvalue weighted by molar-refractivity contribution is 7.90. The molecular weight excluding hydrogens is 1070 g/mol. The number of ether oxygens (including phenoxy) is 4. The van der Waals surface area contributed by atoms with Gasteiger partial charge in [0, 0.05) is 99.7 Å². The van der Waals surface area contributed by atoms with Gasteiger partial charge in [0.2, 0.25) is 0 Å². The lowest BCUT2D eigenvalue weighted by molar-refractivity contribution is -0.0629. The molecule has 2 saturated carbocycles. The van der Waals surface area contributed by atoms with Gasteiger partial charge in [0.25, 0.3) is 21.8 Å². The summed E-state index contributed by atoms with van der Waals surface area (Å²) in [5.41, 5.74) is 5.41. The predicted octanol–water partition coefficient (Wildman–Crippen LogP) is 9.88. The maximum Gasteiger partial charge on any atom is 0.268 e. The number of amides is 1. The highest BCUT2D eigenvalue weighted by Crippen LogP contribution is 2.54. The molecule has 5 aliphatic rings. The van der Waals surface area contributed by atoms with Crippen molar-refractivity contribution in [2.75, 3.05) is 75.6 Å². The molecule has 434 valence electrons. The smallest absolute Gasteiger partial charge is 0.268 e. The number of benzene rings is 3. The molecule has 1 spiro atoms. The van der Waals surface area contributed by atoms with Crippen LogP contribution in [0.2, 0.25) is 0 Å². The minimum Gasteiger partial charge on any atom is -0.494 e. The van der Waals surface area contributed by atoms with Crippen molar-refractivity contribution >= 4 is 55.2 Å². The van der Waals surface area contributed by atoms with Gasteiger partial charge in [0.05, 0.1) is 49.2 Å². The summed E-state index contributed by atoms with van der Waals surface area (Å²) in [6.07, 6.45) is 11.7. The number of hydrogen-bond donors (Lipinski definition) is 6. The maximum absolute atomic E-state index is 15.1. The standard InChI is InChI=1S/C61H74FN11O8S/c1-36(2)42-9-7-8-10-43(42)47-34-71(33-39-15-20-63-57-55(39)80-37(3)30-65-57)23-24-73(47)41-28-61(29-41)18-21-72(22-19-61)40-11-12-44(48(25-40)81-50-26-45-46(62)32-66-56(45)69-59(50)79-6)58(74)70-82(76,77)51-27-49(78-5)52(54-53(51)67-35-68-54)64-31-38-13-16-60(4,75)17-14-38/h7-12,15,20,25-27,32,35-38,41,47,64,75H,13-14,16-19,21-24,28-31,33-34H2,1-6H3,(H,63,65)(H,66,69)(H,67,68)(H,70,74)/t37?,38?,47-,60?/m0/s1. The SMILES string of the molecule is COc1cc(S(=O)(=O)NC(=O)c2ccc(N3CCC4(CC3)CC(N3CCN(Cc5ccnc6c5OC(C)CN6)C[C@H]3c3ccccc3C(C)C)C4)cc2Oc2cc3c(F)c[nH]c3nc2OC)c2nc[nH]c2c1NCC1CCC(C)(O)CC1. The number of methoxy groups -OCH3 is 2. The van der Waals surface area contributed by atoms with E-state index >= 15 is 4.39 Å². The number of aliphatic hydroxyl groups is 1. The zero-order valence-corrected chi connectivity index (χ0v) is 48.3. The summed E-state index contributed by atoms with van der Waals surface area (Å²) in [7, 11) is -1.76. The third kappa shape index (κ3) is 10.9. The van der Waals surface area contributed by atoms with E-state index in [1.165, 1.54) is 50.0 Å². The van der Waals surface area contributed by atoms with Crippen LogP contribution in [0.5, 0.6) is 28.9 Å². The molecule has 12 rings (SSSR count). The monoisotopic (exact) mass is 1140 g/mol. The molecule has 7 heterocycles. The summed E-state index contributed by atoms with van der Waals surface area (Å²) in [5.74, 6) is 1.14. The Hall–Kier alpha value is -7.20. The van der Waals surface area contributed by atoms with Crippen molar-refractivity contribution in [1.29, 1.82) is 0 Å². The van der Waals surface area contributed by atoms with Gasteiger partial charge in [-0.25, -0.2) is 27.5 Å². The number of carbonyl (C=O) groups is 1. The third-order valence-corrected chi connectivity index (χ3v) is 19.4. The molecule has 1 amide bonds. The zero-order valence-electron chi connectivity index (χ0n) is 47.5. The number of imidazole rings is 1. The highest BCUT2D eigenvalue weighted by Gasteiger charge is 2.50. The second kappa shape index (κ2) is 22.2. The lowest BCUT2D eigenvalue weighted by atomic mass is 9.59. The van der Waals surface area contributed by atoms with E-state index < -0.39 is 27.3 Å². The number of halogens is 1. The molecule has 82 heavy (non-hydrogen) atoms. The molecule has 0 bridgehead atoms. The molecule has 3 aliphatic heterocycles. The summed E-state index contributed by atoms with van der Waals surface area (Å²) in [6.45, 7) is 14.9. The number of piperazine rings is 1. The van der Waals surface area contributed by atoms with E-state index in [2.05, 4.69) is 106 Å². The van der Waals surface area contributed by atoms with E-state index in [1.807, 2.05) is 19.2 Å². The van der Waals surface area contributed by atoms with Crippen LogP contribution in [0.25, 0.3) is 22.1 Å². The Labute approximate surface area is 477 Å². The average Bonchev–Trinajstić information content (AvgIpc) is 4.18. The number of nitrogens with zero attached hydrogens (tertiary/aromatic N) is 6. The Kier molecular flexibility index (Phi) is 15.0. The molecule has 2 atom stereocenters. The first kappa shape index (κ1) is 55.3. The van der Waals surface area contributed by atoms with Crippen LogP contribution in [-0.4, -0.2) is 132 Å². The molecular formula is C61H74FN11O8S. The van der Waals surface area contributed by atoms with E-state index in [4.69, 9.17) is 18.9 Å². The molecule has 0 radical (unpaired) electrons. The number of pyridine rings is 2. The fourth-order valence-electron chi connectivity index (χ4n) is 13.3. The van der Waals surface area contributed by atoms with E-state index in [0.717, 1.165) is 107 Å². The summed E-state index contributed by atoms with van der Waals surface area (Å²) in [5, 5.41) is 17.5. The number of sulfonamides is 1. The first-order valence-electron chi connectivity index (χ1n) is 28.8. The minimum atomic E-state index is -4.62. The largest absolute Gasteiger partial charge is 0.494 e. The van der Waals surface area contributed by atoms with Crippen molar-refractivity contribution in [1.82, 2.24) is 39.4 Å². The summed E-state index contributed by atoms with van der Waals surface area (Å²) in [4.78, 5) is 41.2. The van der Waals surface area contributed by atoms with Crippen LogP contribution in [0, 0.1) is 17.2 Å². The van der Waals surface area contributed by atoms with Crippen molar-refractivity contribution in [2.45, 2.75) is 120 Å². The lowest BCUT2D eigenvalue weighted by Crippen LogP contribution is -2.60. The van der Waals surface area contributed by atoms with Gasteiger partial charge >= 0.3 is 0 Å². The van der Waals surface area contributed by atoms with Gasteiger partial charge in [0.15, 0.2) is 17.3 Å². The number of H-pyrrole nitrogens is 2. The van der Waals surface area contributed by atoms with E-state index in [9.17, 15) is 18.3 Å². The number of aromatic nitrogens is 5. The number of rotatable bonds is 16. The number of anilines is 3. The van der Waals surface area contributed by atoms with Gasteiger partial charge in [0.1, 0.15) is 45.2 Å². The van der Waals surface area contributed by atoms with Gasteiger partial charge in [-0.05, 0) is 112 Å². The molecule has 1 unspecified atom stereocenters. The molecule has 7 aromatic rings. The van der Waals surface area contributed by atoms with Crippen molar-refractivity contribution in [3.05, 3.63) is 107 Å². The van der Waals surface area contributed by atoms with Crippen LogP contribution >= 0.6 is 0 Å². The van der Waals surface area contributed by atoms with Gasteiger partial charge in [-0.3, -0.25) is 14.6 Å². The Morgan fingerprint density at radius 3 is 2.51 bits per heavy atom. The Bertz CT molecular complexity index is 3620. The Morgan fingerprint density at radius 1 is 0.951 bits per heavy atom. The topological polar surface area (TPSA) is 224 Å². The molecule has 6 N–H and O–H groups in total. The van der Waals surface area contributed by atoms with Crippen LogP contribution in [0.3, 0.4) is 0 Å². The third-order valence-electron chi connectivity index (χ3n) is 18.0. The second-order valence-electron chi connectivity index (χ2n) is 23.9. The van der Waals surface area contributed by atoms with Gasteiger partial charge < -0.3 is 49.6 Å². The first-order chi connectivity index (χ1) is 39.5. The maximum atomic E-state index is 15.1. The van der Waals surface area contributed by atoms with E-state index in [-0.39, 0.29) is 73.6 Å². The first-order valence-corrected chi connectivity index (χ1v) is 30.3. The van der Waals surface area contributed by atoms with Crippen molar-refractivity contribution < 1.29 is 41.7 Å². The zero-order chi connectivity index (χ0) is 57.1. The molecule has 2 saturated heterocycles. The van der Waals surface area contributed by atoms with Crippen LogP contribution in [0.4, 0.5) is 21.6 Å². The number of nitrogens with one attached hydrogen (secondary N) is 5. The van der Waals surface area contributed by atoms with Gasteiger partial charge in [-0.1, -0.05) is 38.1 Å². The van der Waals surface area contributed by atoms with Crippen LogP contribution in [0.1, 0.15) is 118 Å². The molecule has 2 aliphatic carbocycles. The number of aromatic amines is 2. The minimum absolute atomic E-state index is 0.0188. The molecule has 21 heteroatoms. The molecule has 4 fully saturated rings. The normalized spacial score (nSPS) is 22.4. The van der Waals surface area contributed by atoms with E-state index in [1.54, 1.807) is 12.1 Å². The summed E-state index contributed by atoms with van der Waals surface area (Å²) >= 11 is 0. The number of carbonyl (C=O) groups excluding carboxylic acids is 1. The van der Waals surface area contributed by atoms with Crippen molar-refractivity contribution in [3.8, 4) is 28.9 Å². The quantitative estimate of drug-likeness (QED) is 0.0530. The lowest BCUT2D eigenvalue weighted by Gasteiger charge is -2.58. The summed E-state index contributed by atoms with van der Waals surface area (Å²) in [6, 6.07) is 19.6. The van der Waals surface area contributed by atoms with Gasteiger partial charge in [-0.2, -0.15) is 4.98 Å². The second-order valence-corrected chi connectivity index (χ2v) is 25.6. The molecule has 4 aromatic heterocycles. The number of fused-ring (bicyclic) bond motifs is 3. The van der Waals surface area contributed by atoms with E-state index in [0.29, 0.717) is 42.6 Å².